The monoisotopic (exact) mass is 602 g/mol. The third-order valence-corrected chi connectivity index (χ3v) is 10.7. The van der Waals surface area contributed by atoms with Crippen molar-refractivity contribution in [3.8, 4) is 62.5 Å². The number of phenolic OH excluding ortho intramolecular Hbond substituents is 1. The topological polar surface area (TPSA) is 92.7 Å². The lowest BCUT2D eigenvalue weighted by atomic mass is 9.55. The van der Waals surface area contributed by atoms with Gasteiger partial charge < -0.3 is 33.5 Å². The van der Waals surface area contributed by atoms with Crippen LogP contribution in [0, 0.1) is 17.3 Å². The molecular weight excluding hydrogens is 560 g/mol. The molecule has 1 N–H and O–H groups in total. The molecule has 6 rings (SSSR count). The van der Waals surface area contributed by atoms with Crippen LogP contribution < -0.4 is 28.4 Å². The molecule has 234 valence electrons. The van der Waals surface area contributed by atoms with Crippen molar-refractivity contribution in [3.63, 3.8) is 0 Å². The van der Waals surface area contributed by atoms with Gasteiger partial charge in [-0.1, -0.05) is 6.92 Å². The van der Waals surface area contributed by atoms with Crippen LogP contribution in [0.2, 0.25) is 0 Å². The molecule has 8 heteroatoms. The number of rotatable bonds is 8. The van der Waals surface area contributed by atoms with E-state index in [1.807, 2.05) is 24.3 Å². The highest BCUT2D eigenvalue weighted by Crippen LogP contribution is 2.62. The first-order valence-electron chi connectivity index (χ1n) is 15.3. The molecule has 0 radical (unpaired) electrons. The highest BCUT2D eigenvalue weighted by Gasteiger charge is 2.55. The molecule has 0 spiro atoms. The number of carbonyl (C=O) groups is 1. The first-order chi connectivity index (χ1) is 21.3. The molecule has 3 aliphatic carbocycles. The zero-order chi connectivity index (χ0) is 31.3. The van der Waals surface area contributed by atoms with E-state index in [4.69, 9.17) is 28.4 Å². The molecule has 2 saturated carbocycles. The quantitative estimate of drug-likeness (QED) is 0.289. The molecule has 0 unspecified atom stereocenters. The van der Waals surface area contributed by atoms with Crippen LogP contribution in [0.4, 0.5) is 0 Å². The summed E-state index contributed by atoms with van der Waals surface area (Å²) in [6.45, 7) is 2.19. The standard InChI is InChI=1S/C36H42O8/c1-36-17-16-19-20(26(36)12-15-29(36)37)8-9-21-24(19)18-25(22-10-13-27(39-2)34(43-6)32(22)41-4)31(38)30(21)23-11-14-28(40-3)35(44-7)33(23)42-5/h10-11,13-14,18-20,26,38H,8-9,12,15-17H2,1-7H3/t19-,20+,26-,36-/m0/s1. The van der Waals surface area contributed by atoms with E-state index in [-0.39, 0.29) is 17.1 Å². The molecule has 4 atom stereocenters. The smallest absolute Gasteiger partial charge is 0.203 e. The summed E-state index contributed by atoms with van der Waals surface area (Å²) in [6, 6.07) is 9.62. The molecule has 3 aromatic carbocycles. The van der Waals surface area contributed by atoms with Crippen LogP contribution in [0.15, 0.2) is 30.3 Å². The number of methoxy groups -OCH3 is 6. The average Bonchev–Trinajstić information content (AvgIpc) is 3.36. The van der Waals surface area contributed by atoms with Gasteiger partial charge in [0.25, 0.3) is 0 Å². The van der Waals surface area contributed by atoms with Crippen LogP contribution in [0.1, 0.15) is 56.1 Å². The lowest BCUT2D eigenvalue weighted by Gasteiger charge is -2.48. The number of ketones is 1. The summed E-state index contributed by atoms with van der Waals surface area (Å²) in [5, 5.41) is 12.3. The summed E-state index contributed by atoms with van der Waals surface area (Å²) in [5.41, 5.74) is 4.82. The van der Waals surface area contributed by atoms with Crippen molar-refractivity contribution < 1.29 is 38.3 Å². The zero-order valence-corrected chi connectivity index (χ0v) is 26.7. The number of ether oxygens (including phenoxy) is 6. The van der Waals surface area contributed by atoms with Gasteiger partial charge in [0.05, 0.1) is 42.7 Å². The molecule has 2 fully saturated rings. The Hall–Kier alpha value is -4.07. The molecule has 3 aliphatic rings. The largest absolute Gasteiger partial charge is 0.507 e. The van der Waals surface area contributed by atoms with Crippen LogP contribution in [0.25, 0.3) is 22.3 Å². The van der Waals surface area contributed by atoms with Gasteiger partial charge in [-0.2, -0.15) is 0 Å². The van der Waals surface area contributed by atoms with Gasteiger partial charge in [0.2, 0.25) is 11.5 Å². The molecule has 0 heterocycles. The van der Waals surface area contributed by atoms with Crippen LogP contribution in [-0.4, -0.2) is 53.5 Å². The first kappa shape index (κ1) is 30.0. The predicted molar refractivity (Wildman–Crippen MR) is 168 cm³/mol. The second kappa shape index (κ2) is 11.5. The number of Topliss-reactive ketones (excluding diaryl/α,β-unsaturated/α-hetero) is 1. The molecule has 3 aromatic rings. The maximum absolute atomic E-state index is 13.0. The van der Waals surface area contributed by atoms with Crippen LogP contribution >= 0.6 is 0 Å². The molecule has 0 aliphatic heterocycles. The van der Waals surface area contributed by atoms with Crippen molar-refractivity contribution in [1.29, 1.82) is 0 Å². The summed E-state index contributed by atoms with van der Waals surface area (Å²) < 4.78 is 34.4. The van der Waals surface area contributed by atoms with Gasteiger partial charge in [-0.25, -0.2) is 0 Å². The molecular formula is C36H42O8. The number of carbonyl (C=O) groups excluding carboxylic acids is 1. The number of fused-ring (bicyclic) bond motifs is 5. The normalized spacial score (nSPS) is 23.7. The Kier molecular flexibility index (Phi) is 7.80. The molecule has 8 nitrogen and oxygen atoms in total. The van der Waals surface area contributed by atoms with Gasteiger partial charge in [0.1, 0.15) is 11.5 Å². The Labute approximate surface area is 259 Å². The fourth-order valence-electron chi connectivity index (χ4n) is 8.60. The third kappa shape index (κ3) is 4.28. The summed E-state index contributed by atoms with van der Waals surface area (Å²) in [5.74, 6) is 4.51. The minimum atomic E-state index is -0.236. The van der Waals surface area contributed by atoms with E-state index in [1.54, 1.807) is 42.7 Å². The second-order valence-electron chi connectivity index (χ2n) is 12.3. The lowest BCUT2D eigenvalue weighted by molar-refractivity contribution is -0.129. The van der Waals surface area contributed by atoms with E-state index < -0.39 is 0 Å². The second-order valence-corrected chi connectivity index (χ2v) is 12.3. The number of hydrogen-bond donors (Lipinski definition) is 1. The van der Waals surface area contributed by atoms with E-state index in [1.165, 1.54) is 5.56 Å². The average molecular weight is 603 g/mol. The fourth-order valence-corrected chi connectivity index (χ4v) is 8.60. The SMILES string of the molecule is COc1ccc(-c2cc3c(c(-c4ccc(OC)c(OC)c4OC)c2O)CC[C@@H]2[C@@H]3CC[C@]3(C)C(=O)CC[C@@H]23)c(OC)c1OC. The zero-order valence-electron chi connectivity index (χ0n) is 26.7. The van der Waals surface area contributed by atoms with Crippen molar-refractivity contribution >= 4 is 5.78 Å². The van der Waals surface area contributed by atoms with E-state index in [0.29, 0.717) is 75.2 Å². The van der Waals surface area contributed by atoms with Gasteiger partial charge in [-0.05, 0) is 91.3 Å². The predicted octanol–water partition coefficient (Wildman–Crippen LogP) is 7.20. The molecule has 44 heavy (non-hydrogen) atoms. The van der Waals surface area contributed by atoms with Gasteiger partial charge in [-0.3, -0.25) is 4.79 Å². The highest BCUT2D eigenvalue weighted by atomic mass is 16.5. The van der Waals surface area contributed by atoms with Gasteiger partial charge >= 0.3 is 0 Å². The van der Waals surface area contributed by atoms with Crippen molar-refractivity contribution in [1.82, 2.24) is 0 Å². The van der Waals surface area contributed by atoms with Crippen LogP contribution in [-0.2, 0) is 11.2 Å². The Morgan fingerprint density at radius 2 is 1.30 bits per heavy atom. The summed E-state index contributed by atoms with van der Waals surface area (Å²) in [7, 11) is 9.51. The Balaban J connectivity index is 1.64. The molecule has 0 amide bonds. The number of aromatic hydroxyl groups is 1. The first-order valence-corrected chi connectivity index (χ1v) is 15.3. The summed E-state index contributed by atoms with van der Waals surface area (Å²) >= 11 is 0. The van der Waals surface area contributed by atoms with Crippen molar-refractivity contribution in [2.75, 3.05) is 42.7 Å². The summed E-state index contributed by atoms with van der Waals surface area (Å²) in [6.07, 6.45) is 5.17. The molecule has 0 bridgehead atoms. The van der Waals surface area contributed by atoms with Crippen LogP contribution in [0.5, 0.6) is 40.2 Å². The van der Waals surface area contributed by atoms with Crippen molar-refractivity contribution in [2.24, 2.45) is 17.3 Å². The fraction of sp³-hybridized carbons (Fsp3) is 0.472. The van der Waals surface area contributed by atoms with Crippen molar-refractivity contribution in [2.45, 2.75) is 51.4 Å². The number of hydrogen-bond acceptors (Lipinski definition) is 8. The molecule has 0 aromatic heterocycles. The maximum Gasteiger partial charge on any atom is 0.203 e. The maximum atomic E-state index is 13.0. The Morgan fingerprint density at radius 1 is 0.705 bits per heavy atom. The number of phenols is 1. The number of benzene rings is 3. The molecule has 0 saturated heterocycles. The highest BCUT2D eigenvalue weighted by molar-refractivity contribution is 5.92. The van der Waals surface area contributed by atoms with Crippen molar-refractivity contribution in [3.05, 3.63) is 41.5 Å². The van der Waals surface area contributed by atoms with E-state index >= 15 is 0 Å². The Bertz CT molecular complexity index is 1610. The third-order valence-electron chi connectivity index (χ3n) is 10.7. The van der Waals surface area contributed by atoms with E-state index in [9.17, 15) is 9.90 Å². The Morgan fingerprint density at radius 3 is 1.89 bits per heavy atom. The minimum absolute atomic E-state index is 0.120. The lowest BCUT2D eigenvalue weighted by Crippen LogP contribution is -2.42. The van der Waals surface area contributed by atoms with Gasteiger partial charge in [0, 0.05) is 34.1 Å². The van der Waals surface area contributed by atoms with Crippen LogP contribution in [0.3, 0.4) is 0 Å². The van der Waals surface area contributed by atoms with Gasteiger partial charge in [-0.15, -0.1) is 0 Å². The summed E-state index contributed by atoms with van der Waals surface area (Å²) in [4.78, 5) is 13.0. The minimum Gasteiger partial charge on any atom is -0.507 e. The van der Waals surface area contributed by atoms with Gasteiger partial charge in [0.15, 0.2) is 23.0 Å². The van der Waals surface area contributed by atoms with E-state index in [0.717, 1.165) is 43.2 Å². The van der Waals surface area contributed by atoms with E-state index in [2.05, 4.69) is 13.0 Å².